The van der Waals surface area contributed by atoms with E-state index in [0.717, 1.165) is 12.1 Å². The normalized spacial score (nSPS) is 15.8. The fourth-order valence-corrected chi connectivity index (χ4v) is 3.03. The second-order valence-corrected chi connectivity index (χ2v) is 6.31. The number of ether oxygens (including phenoxy) is 1. The molecule has 0 fully saturated rings. The second kappa shape index (κ2) is 10.1. The van der Waals surface area contributed by atoms with Gasteiger partial charge in [-0.2, -0.15) is 18.3 Å². The molecule has 164 valence electrons. The minimum absolute atomic E-state index is 0.0798. The van der Waals surface area contributed by atoms with Crippen LogP contribution in [0.2, 0.25) is 0 Å². The fourth-order valence-electron chi connectivity index (χ4n) is 3.03. The maximum absolute atomic E-state index is 12.7. The van der Waals surface area contributed by atoms with Crippen molar-refractivity contribution in [3.8, 4) is 0 Å². The number of nitrogens with zero attached hydrogens (tertiary/aromatic N) is 5. The maximum Gasteiger partial charge on any atom is 0.490 e. The van der Waals surface area contributed by atoms with E-state index in [1.807, 2.05) is 22.7 Å². The molecule has 30 heavy (non-hydrogen) atoms. The number of aryl methyl sites for hydroxylation is 1. The largest absolute Gasteiger partial charge is 0.490 e. The first-order chi connectivity index (χ1) is 14.2. The number of carbonyl (C=O) groups is 2. The number of carboxylic acids is 1. The summed E-state index contributed by atoms with van der Waals surface area (Å²) in [6.07, 6.45) is -0.241. The van der Waals surface area contributed by atoms with Crippen molar-refractivity contribution in [2.75, 3.05) is 19.8 Å². The monoisotopic (exact) mass is 429 g/mol. The summed E-state index contributed by atoms with van der Waals surface area (Å²) in [4.78, 5) is 31.3. The molecule has 0 saturated carbocycles. The zero-order valence-corrected chi connectivity index (χ0v) is 16.5. The molecule has 1 N–H and O–H groups in total. The van der Waals surface area contributed by atoms with Crippen LogP contribution in [0.25, 0.3) is 0 Å². The van der Waals surface area contributed by atoms with Crippen molar-refractivity contribution in [3.63, 3.8) is 0 Å². The Morgan fingerprint density at radius 3 is 2.57 bits per heavy atom. The van der Waals surface area contributed by atoms with E-state index >= 15 is 0 Å². The maximum atomic E-state index is 12.7. The summed E-state index contributed by atoms with van der Waals surface area (Å²) in [7, 11) is 0. The number of carboxylic acid groups (broad SMARTS) is 1. The third-order valence-corrected chi connectivity index (χ3v) is 4.30. The van der Waals surface area contributed by atoms with E-state index in [0.29, 0.717) is 32.0 Å². The molecule has 0 aromatic carbocycles. The standard InChI is InChI=1S/C16H21N5O2.C2HF3O2/c1-3-21-15-12(7-19-21)8-20(9-13(15)10-23-4-2)16(22)14-5-6-17-11-18-14;3-2(4,5)1(6)7/h5-7,11,13H,3-4,8-10H2,1-2H3;(H,6,7). The molecule has 12 heteroatoms. The topological polar surface area (TPSA) is 110 Å². The van der Waals surface area contributed by atoms with Crippen LogP contribution in [0, 0.1) is 0 Å². The third kappa shape index (κ3) is 5.75. The van der Waals surface area contributed by atoms with E-state index < -0.39 is 12.1 Å². The number of halogens is 3. The summed E-state index contributed by atoms with van der Waals surface area (Å²) < 4.78 is 39.4. The number of hydrogen-bond donors (Lipinski definition) is 1. The first-order valence-corrected chi connectivity index (χ1v) is 9.16. The Hall–Kier alpha value is -3.02. The summed E-state index contributed by atoms with van der Waals surface area (Å²) in [5.74, 6) is -2.71. The zero-order valence-electron chi connectivity index (χ0n) is 16.5. The highest BCUT2D eigenvalue weighted by Gasteiger charge is 2.38. The van der Waals surface area contributed by atoms with E-state index in [1.54, 1.807) is 12.3 Å². The molecule has 9 nitrogen and oxygen atoms in total. The van der Waals surface area contributed by atoms with Crippen LogP contribution in [0.15, 0.2) is 24.8 Å². The minimum atomic E-state index is -5.08. The van der Waals surface area contributed by atoms with Crippen molar-refractivity contribution in [1.82, 2.24) is 24.6 Å². The second-order valence-electron chi connectivity index (χ2n) is 6.31. The molecular formula is C18H22F3N5O4. The number of amides is 1. The average molecular weight is 429 g/mol. The summed E-state index contributed by atoms with van der Waals surface area (Å²) in [6.45, 7) is 7.28. The molecular weight excluding hydrogens is 407 g/mol. The van der Waals surface area contributed by atoms with E-state index in [2.05, 4.69) is 22.0 Å². The Morgan fingerprint density at radius 1 is 1.33 bits per heavy atom. The first-order valence-electron chi connectivity index (χ1n) is 9.16. The van der Waals surface area contributed by atoms with Crippen LogP contribution in [0.3, 0.4) is 0 Å². The third-order valence-electron chi connectivity index (χ3n) is 4.30. The highest BCUT2D eigenvalue weighted by atomic mass is 19.4. The quantitative estimate of drug-likeness (QED) is 0.775. The van der Waals surface area contributed by atoms with Crippen molar-refractivity contribution in [3.05, 3.63) is 41.7 Å². The minimum Gasteiger partial charge on any atom is -0.475 e. The number of aliphatic carboxylic acids is 1. The molecule has 0 saturated heterocycles. The summed E-state index contributed by atoms with van der Waals surface area (Å²) >= 11 is 0. The van der Waals surface area contributed by atoms with Crippen molar-refractivity contribution < 1.29 is 32.6 Å². The predicted octanol–water partition coefficient (Wildman–Crippen LogP) is 2.10. The molecule has 1 aliphatic rings. The van der Waals surface area contributed by atoms with Gasteiger partial charge in [0.1, 0.15) is 12.0 Å². The van der Waals surface area contributed by atoms with Gasteiger partial charge in [0.15, 0.2) is 0 Å². The lowest BCUT2D eigenvalue weighted by atomic mass is 9.96. The van der Waals surface area contributed by atoms with Crippen LogP contribution in [0.5, 0.6) is 0 Å². The molecule has 1 amide bonds. The van der Waals surface area contributed by atoms with Crippen molar-refractivity contribution in [2.45, 2.75) is 39.0 Å². The molecule has 2 aromatic heterocycles. The molecule has 1 aliphatic heterocycles. The first kappa shape index (κ1) is 23.3. The number of hydrogen-bond acceptors (Lipinski definition) is 6. The van der Waals surface area contributed by atoms with Gasteiger partial charge in [-0.1, -0.05) is 0 Å². The van der Waals surface area contributed by atoms with Crippen LogP contribution in [-0.4, -0.2) is 67.6 Å². The number of carbonyl (C=O) groups excluding carboxylic acids is 1. The van der Waals surface area contributed by atoms with Gasteiger partial charge in [-0.3, -0.25) is 9.48 Å². The van der Waals surface area contributed by atoms with Gasteiger partial charge in [0.05, 0.1) is 18.5 Å². The van der Waals surface area contributed by atoms with Crippen LogP contribution >= 0.6 is 0 Å². The smallest absolute Gasteiger partial charge is 0.475 e. The Kier molecular flexibility index (Phi) is 7.86. The SMILES string of the molecule is CCOCC1CN(C(=O)c2ccncn2)Cc2cnn(CC)c21.O=C(O)C(F)(F)F. The molecule has 3 rings (SSSR count). The average Bonchev–Trinajstić information content (AvgIpc) is 3.15. The lowest BCUT2D eigenvalue weighted by molar-refractivity contribution is -0.192. The van der Waals surface area contributed by atoms with Crippen LogP contribution in [0.1, 0.15) is 41.5 Å². The number of alkyl halides is 3. The summed E-state index contributed by atoms with van der Waals surface area (Å²) in [6, 6.07) is 1.64. The molecule has 0 bridgehead atoms. The molecule has 3 heterocycles. The van der Waals surface area contributed by atoms with Gasteiger partial charge in [-0.05, 0) is 19.9 Å². The Bertz CT molecular complexity index is 857. The summed E-state index contributed by atoms with van der Waals surface area (Å²) in [5, 5.41) is 11.6. The molecule has 0 aliphatic carbocycles. The molecule has 1 unspecified atom stereocenters. The number of fused-ring (bicyclic) bond motifs is 1. The van der Waals surface area contributed by atoms with Gasteiger partial charge >= 0.3 is 12.1 Å². The fraction of sp³-hybridized carbons (Fsp3) is 0.500. The van der Waals surface area contributed by atoms with E-state index in [-0.39, 0.29) is 11.8 Å². The van der Waals surface area contributed by atoms with E-state index in [4.69, 9.17) is 14.6 Å². The van der Waals surface area contributed by atoms with Crippen LogP contribution in [-0.2, 0) is 22.6 Å². The van der Waals surface area contributed by atoms with Crippen molar-refractivity contribution >= 4 is 11.9 Å². The van der Waals surface area contributed by atoms with Gasteiger partial charge in [-0.15, -0.1) is 0 Å². The molecule has 0 radical (unpaired) electrons. The lowest BCUT2D eigenvalue weighted by Gasteiger charge is -2.33. The van der Waals surface area contributed by atoms with Gasteiger partial charge in [0.2, 0.25) is 0 Å². The molecule has 0 spiro atoms. The number of rotatable bonds is 5. The highest BCUT2D eigenvalue weighted by molar-refractivity contribution is 5.92. The number of aromatic nitrogens is 4. The van der Waals surface area contributed by atoms with E-state index in [1.165, 1.54) is 12.0 Å². The van der Waals surface area contributed by atoms with Gasteiger partial charge in [0.25, 0.3) is 5.91 Å². The van der Waals surface area contributed by atoms with Crippen molar-refractivity contribution in [1.29, 1.82) is 0 Å². The predicted molar refractivity (Wildman–Crippen MR) is 97.6 cm³/mol. The van der Waals surface area contributed by atoms with Gasteiger partial charge in [-0.25, -0.2) is 14.8 Å². The van der Waals surface area contributed by atoms with Gasteiger partial charge < -0.3 is 14.7 Å². The zero-order chi connectivity index (χ0) is 22.3. The van der Waals surface area contributed by atoms with Crippen LogP contribution in [0.4, 0.5) is 13.2 Å². The summed E-state index contributed by atoms with van der Waals surface area (Å²) in [5.41, 5.74) is 2.69. The Morgan fingerprint density at radius 2 is 2.03 bits per heavy atom. The van der Waals surface area contributed by atoms with E-state index in [9.17, 15) is 18.0 Å². The van der Waals surface area contributed by atoms with Crippen LogP contribution < -0.4 is 0 Å². The molecule has 2 aromatic rings. The van der Waals surface area contributed by atoms with Crippen molar-refractivity contribution in [2.24, 2.45) is 0 Å². The van der Waals surface area contributed by atoms with Gasteiger partial charge in [0, 0.05) is 43.9 Å². The lowest BCUT2D eigenvalue weighted by Crippen LogP contribution is -2.40. The Labute approximate surface area is 170 Å². The molecule has 1 atom stereocenters. The Balaban J connectivity index is 0.000000396. The highest BCUT2D eigenvalue weighted by Crippen LogP contribution is 2.29.